The Bertz CT molecular complexity index is 123. The van der Waals surface area contributed by atoms with E-state index in [-0.39, 0.29) is 11.8 Å². The van der Waals surface area contributed by atoms with Crippen LogP contribution >= 0.6 is 0 Å². The zero-order chi connectivity index (χ0) is 8.36. The summed E-state index contributed by atoms with van der Waals surface area (Å²) in [5.41, 5.74) is -0.335. The number of aliphatic carboxylic acids is 1. The predicted octanol–water partition coefficient (Wildman–Crippen LogP) is 0.868. The Labute approximate surface area is 60.7 Å². The number of rotatable bonds is 2. The van der Waals surface area contributed by atoms with Gasteiger partial charge in [0.25, 0.3) is 0 Å². The van der Waals surface area contributed by atoms with Gasteiger partial charge in [0.1, 0.15) is 0 Å². The van der Waals surface area contributed by atoms with Gasteiger partial charge in [-0.2, -0.15) is 0 Å². The van der Waals surface area contributed by atoms with Gasteiger partial charge in [-0.3, -0.25) is 4.79 Å². The maximum atomic E-state index is 10.1. The van der Waals surface area contributed by atoms with Crippen LogP contribution in [0.3, 0.4) is 0 Å². The highest BCUT2D eigenvalue weighted by atomic mass is 16.4. The van der Waals surface area contributed by atoms with Gasteiger partial charge in [0.2, 0.25) is 0 Å². The molecule has 0 saturated carbocycles. The molecular formula is C7H14O3. The Morgan fingerprint density at radius 3 is 2.00 bits per heavy atom. The molecule has 0 aromatic heterocycles. The number of carboxylic acids is 1. The summed E-state index contributed by atoms with van der Waals surface area (Å²) >= 11 is 0. The Morgan fingerprint density at radius 1 is 1.50 bits per heavy atom. The Hall–Kier alpha value is -0.570. The predicted molar refractivity (Wildman–Crippen MR) is 37.7 cm³/mol. The van der Waals surface area contributed by atoms with E-state index >= 15 is 0 Å². The Kier molecular flexibility index (Phi) is 2.84. The van der Waals surface area contributed by atoms with Gasteiger partial charge >= 0.3 is 5.97 Å². The molecule has 0 fully saturated rings. The molecule has 3 heteroatoms. The molecule has 60 valence electrons. The van der Waals surface area contributed by atoms with Crippen LogP contribution in [0.4, 0.5) is 0 Å². The van der Waals surface area contributed by atoms with Gasteiger partial charge in [-0.15, -0.1) is 0 Å². The number of hydrogen-bond acceptors (Lipinski definition) is 2. The molecule has 3 nitrogen and oxygen atoms in total. The molecule has 0 aliphatic carbocycles. The van der Waals surface area contributed by atoms with Gasteiger partial charge in [0, 0.05) is 0 Å². The highest BCUT2D eigenvalue weighted by molar-refractivity contribution is 5.67. The molecule has 10 heavy (non-hydrogen) atoms. The third-order valence-electron chi connectivity index (χ3n) is 1.37. The normalized spacial score (nSPS) is 14.8. The molecule has 2 N–H and O–H groups in total. The smallest absolute Gasteiger partial charge is 0.305 e. The third kappa shape index (κ3) is 3.45. The third-order valence-corrected chi connectivity index (χ3v) is 1.37. The number of carbonyl (C=O) groups is 1. The summed E-state index contributed by atoms with van der Waals surface area (Å²) < 4.78 is 0. The molecule has 0 bridgehead atoms. The van der Waals surface area contributed by atoms with E-state index in [1.165, 1.54) is 0 Å². The largest absolute Gasteiger partial charge is 0.481 e. The summed E-state index contributed by atoms with van der Waals surface area (Å²) in [5.74, 6) is -0.956. The van der Waals surface area contributed by atoms with E-state index in [9.17, 15) is 9.90 Å². The quantitative estimate of drug-likeness (QED) is 0.607. The number of hydrogen-bond donors (Lipinski definition) is 2. The molecule has 0 aliphatic heterocycles. The standard InChI is InChI=1S/C7H14O3/c1-7(2,3)5(8)4-6(9)10/h5,8H,4H2,1-3H3,(H,9,10). The van der Waals surface area contributed by atoms with Crippen molar-refractivity contribution in [1.82, 2.24) is 0 Å². The van der Waals surface area contributed by atoms with Crippen LogP contribution in [0, 0.1) is 5.41 Å². The van der Waals surface area contributed by atoms with Gasteiger partial charge in [-0.25, -0.2) is 0 Å². The first-order valence-electron chi connectivity index (χ1n) is 3.24. The van der Waals surface area contributed by atoms with Crippen LogP contribution in [0.25, 0.3) is 0 Å². The molecule has 1 atom stereocenters. The minimum Gasteiger partial charge on any atom is -0.481 e. The highest BCUT2D eigenvalue weighted by Crippen LogP contribution is 2.21. The van der Waals surface area contributed by atoms with E-state index in [0.717, 1.165) is 0 Å². The van der Waals surface area contributed by atoms with Crippen molar-refractivity contribution >= 4 is 5.97 Å². The summed E-state index contributed by atoms with van der Waals surface area (Å²) in [5, 5.41) is 17.5. The first-order chi connectivity index (χ1) is 4.34. The second kappa shape index (κ2) is 3.01. The van der Waals surface area contributed by atoms with Gasteiger partial charge in [0.05, 0.1) is 12.5 Å². The minimum absolute atomic E-state index is 0.177. The second-order valence-corrected chi connectivity index (χ2v) is 3.48. The van der Waals surface area contributed by atoms with Gasteiger partial charge in [-0.1, -0.05) is 20.8 Å². The topological polar surface area (TPSA) is 57.5 Å². The van der Waals surface area contributed by atoms with E-state index in [0.29, 0.717) is 0 Å². The van der Waals surface area contributed by atoms with E-state index in [2.05, 4.69) is 0 Å². The molecule has 0 amide bonds. The molecule has 0 aromatic carbocycles. The van der Waals surface area contributed by atoms with Crippen molar-refractivity contribution in [3.05, 3.63) is 0 Å². The zero-order valence-electron chi connectivity index (χ0n) is 6.59. The Morgan fingerprint density at radius 2 is 1.90 bits per heavy atom. The van der Waals surface area contributed by atoms with Gasteiger partial charge < -0.3 is 10.2 Å². The van der Waals surface area contributed by atoms with Crippen molar-refractivity contribution in [2.24, 2.45) is 5.41 Å². The fraction of sp³-hybridized carbons (Fsp3) is 0.857. The van der Waals surface area contributed by atoms with Crippen molar-refractivity contribution in [2.75, 3.05) is 0 Å². The lowest BCUT2D eigenvalue weighted by Gasteiger charge is -2.23. The number of carboxylic acid groups (broad SMARTS) is 1. The molecule has 0 heterocycles. The summed E-state index contributed by atoms with van der Waals surface area (Å²) in [7, 11) is 0. The van der Waals surface area contributed by atoms with E-state index in [4.69, 9.17) is 5.11 Å². The maximum Gasteiger partial charge on any atom is 0.305 e. The van der Waals surface area contributed by atoms with E-state index < -0.39 is 12.1 Å². The lowest BCUT2D eigenvalue weighted by Crippen LogP contribution is -2.28. The van der Waals surface area contributed by atoms with Crippen molar-refractivity contribution in [2.45, 2.75) is 33.3 Å². The molecule has 0 radical (unpaired) electrons. The molecule has 0 saturated heterocycles. The monoisotopic (exact) mass is 146 g/mol. The van der Waals surface area contributed by atoms with Gasteiger partial charge in [0.15, 0.2) is 0 Å². The maximum absolute atomic E-state index is 10.1. The van der Waals surface area contributed by atoms with Crippen LogP contribution in [0.5, 0.6) is 0 Å². The van der Waals surface area contributed by atoms with Crippen LogP contribution < -0.4 is 0 Å². The van der Waals surface area contributed by atoms with Gasteiger partial charge in [-0.05, 0) is 5.41 Å². The van der Waals surface area contributed by atoms with Crippen LogP contribution in [0.15, 0.2) is 0 Å². The SMILES string of the molecule is CC(C)(C)C(O)CC(=O)O. The van der Waals surface area contributed by atoms with Crippen molar-refractivity contribution in [3.8, 4) is 0 Å². The molecule has 1 unspecified atom stereocenters. The van der Waals surface area contributed by atoms with Crippen LogP contribution in [0.1, 0.15) is 27.2 Å². The summed E-state index contributed by atoms with van der Waals surface area (Å²) in [6.45, 7) is 5.42. The molecular weight excluding hydrogens is 132 g/mol. The lowest BCUT2D eigenvalue weighted by molar-refractivity contribution is -0.140. The average molecular weight is 146 g/mol. The zero-order valence-corrected chi connectivity index (χ0v) is 6.59. The average Bonchev–Trinajstić information content (AvgIpc) is 1.60. The van der Waals surface area contributed by atoms with E-state index in [1.54, 1.807) is 20.8 Å². The fourth-order valence-corrected chi connectivity index (χ4v) is 0.472. The van der Waals surface area contributed by atoms with Crippen LogP contribution in [0.2, 0.25) is 0 Å². The molecule has 0 rings (SSSR count). The molecule has 0 aliphatic rings. The molecule has 0 spiro atoms. The van der Waals surface area contributed by atoms with Crippen molar-refractivity contribution < 1.29 is 15.0 Å². The van der Waals surface area contributed by atoms with Crippen molar-refractivity contribution in [1.29, 1.82) is 0 Å². The molecule has 0 aromatic rings. The number of aliphatic hydroxyl groups excluding tert-OH is 1. The lowest BCUT2D eigenvalue weighted by atomic mass is 9.87. The van der Waals surface area contributed by atoms with E-state index in [1.807, 2.05) is 0 Å². The summed E-state index contributed by atoms with van der Waals surface area (Å²) in [6, 6.07) is 0. The van der Waals surface area contributed by atoms with Crippen LogP contribution in [-0.4, -0.2) is 22.3 Å². The fourth-order valence-electron chi connectivity index (χ4n) is 0.472. The first-order valence-corrected chi connectivity index (χ1v) is 3.24. The number of aliphatic hydroxyl groups is 1. The summed E-state index contributed by atoms with van der Waals surface area (Å²) in [4.78, 5) is 10.1. The van der Waals surface area contributed by atoms with Crippen LogP contribution in [-0.2, 0) is 4.79 Å². The minimum atomic E-state index is -0.956. The first kappa shape index (κ1) is 9.43. The summed E-state index contributed by atoms with van der Waals surface area (Å²) in [6.07, 6.45) is -0.936. The van der Waals surface area contributed by atoms with Crippen molar-refractivity contribution in [3.63, 3.8) is 0 Å². The second-order valence-electron chi connectivity index (χ2n) is 3.48. The Balaban J connectivity index is 3.85. The highest BCUT2D eigenvalue weighted by Gasteiger charge is 2.23.